The van der Waals surface area contributed by atoms with Crippen LogP contribution in [-0.4, -0.2) is 29.1 Å². The molecule has 1 unspecified atom stereocenters. The molecule has 4 rings (SSSR count). The first-order valence-electron chi connectivity index (χ1n) is 12.6. The Bertz CT molecular complexity index is 1600. The summed E-state index contributed by atoms with van der Waals surface area (Å²) in [5, 5.41) is 6.67. The number of carbonyl (C=O) groups excluding carboxylic acids is 1. The SMILES string of the molecule is CCc1ccc(C(C)NC(=O)c2cccc(C(F)(F)F)c2)cc1-c1ccc2nc(NC(C=NC)=CN)ncc2c1. The van der Waals surface area contributed by atoms with Gasteiger partial charge in [-0.15, -0.1) is 0 Å². The summed E-state index contributed by atoms with van der Waals surface area (Å²) < 4.78 is 39.3. The molecule has 0 aliphatic carbocycles. The quantitative estimate of drug-likeness (QED) is 0.226. The van der Waals surface area contributed by atoms with Crippen LogP contribution in [0, 0.1) is 0 Å². The molecule has 40 heavy (non-hydrogen) atoms. The van der Waals surface area contributed by atoms with Gasteiger partial charge in [0.15, 0.2) is 0 Å². The van der Waals surface area contributed by atoms with Crippen molar-refractivity contribution in [2.45, 2.75) is 32.5 Å². The monoisotopic (exact) mass is 546 g/mol. The van der Waals surface area contributed by atoms with Gasteiger partial charge in [-0.3, -0.25) is 9.79 Å². The normalized spacial score (nSPS) is 13.0. The molecule has 1 amide bonds. The van der Waals surface area contributed by atoms with E-state index in [1.165, 1.54) is 18.3 Å². The molecule has 0 saturated carbocycles. The van der Waals surface area contributed by atoms with Gasteiger partial charge in [0.05, 0.1) is 22.8 Å². The van der Waals surface area contributed by atoms with E-state index in [-0.39, 0.29) is 5.56 Å². The Morgan fingerprint density at radius 1 is 1.12 bits per heavy atom. The molecule has 0 fully saturated rings. The number of fused-ring (bicyclic) bond motifs is 1. The number of rotatable bonds is 8. The fourth-order valence-corrected chi connectivity index (χ4v) is 4.29. The maximum atomic E-state index is 13.1. The van der Waals surface area contributed by atoms with Crippen LogP contribution in [0.2, 0.25) is 0 Å². The molecule has 0 radical (unpaired) electrons. The second-order valence-electron chi connectivity index (χ2n) is 9.15. The molecule has 0 saturated heterocycles. The van der Waals surface area contributed by atoms with Crippen molar-refractivity contribution in [1.29, 1.82) is 0 Å². The molecule has 0 bridgehead atoms. The summed E-state index contributed by atoms with van der Waals surface area (Å²) in [4.78, 5) is 25.6. The second kappa shape index (κ2) is 12.0. The number of allylic oxidation sites excluding steroid dienone is 1. The summed E-state index contributed by atoms with van der Waals surface area (Å²) in [5.41, 5.74) is 9.86. The van der Waals surface area contributed by atoms with Gasteiger partial charge >= 0.3 is 6.18 Å². The Morgan fingerprint density at radius 2 is 1.93 bits per heavy atom. The molecule has 4 aromatic rings. The minimum absolute atomic E-state index is 0.0495. The molecular formula is C30H29F3N6O. The molecule has 10 heteroatoms. The molecule has 7 nitrogen and oxygen atoms in total. The Balaban J connectivity index is 1.59. The van der Waals surface area contributed by atoms with Gasteiger partial charge in [-0.25, -0.2) is 9.97 Å². The first-order valence-corrected chi connectivity index (χ1v) is 12.6. The number of aliphatic imine (C=N–C) groups is 1. The van der Waals surface area contributed by atoms with Crippen molar-refractivity contribution in [3.05, 3.63) is 101 Å². The molecule has 3 aromatic carbocycles. The Hall–Kier alpha value is -4.73. The van der Waals surface area contributed by atoms with E-state index in [9.17, 15) is 18.0 Å². The average molecular weight is 547 g/mol. The fourth-order valence-electron chi connectivity index (χ4n) is 4.29. The molecule has 1 atom stereocenters. The summed E-state index contributed by atoms with van der Waals surface area (Å²) in [7, 11) is 1.64. The number of halogens is 3. The number of aryl methyl sites for hydroxylation is 1. The van der Waals surface area contributed by atoms with Gasteiger partial charge in [-0.05, 0) is 72.0 Å². The minimum Gasteiger partial charge on any atom is -0.403 e. The second-order valence-corrected chi connectivity index (χ2v) is 9.15. The van der Waals surface area contributed by atoms with Gasteiger partial charge in [0.25, 0.3) is 5.91 Å². The molecule has 0 aliphatic rings. The topological polar surface area (TPSA) is 105 Å². The van der Waals surface area contributed by atoms with Gasteiger partial charge in [0.2, 0.25) is 5.95 Å². The lowest BCUT2D eigenvalue weighted by molar-refractivity contribution is -0.137. The Morgan fingerprint density at radius 3 is 2.62 bits per heavy atom. The fraction of sp³-hybridized carbons (Fsp3) is 0.200. The molecular weight excluding hydrogens is 517 g/mol. The number of hydrogen-bond donors (Lipinski definition) is 3. The maximum Gasteiger partial charge on any atom is 0.416 e. The Labute approximate surface area is 230 Å². The van der Waals surface area contributed by atoms with Crippen LogP contribution >= 0.6 is 0 Å². The van der Waals surface area contributed by atoms with Crippen molar-refractivity contribution >= 4 is 29.0 Å². The van der Waals surface area contributed by atoms with Gasteiger partial charge in [0, 0.05) is 36.6 Å². The van der Waals surface area contributed by atoms with E-state index in [1.807, 2.05) is 36.4 Å². The van der Waals surface area contributed by atoms with Crippen LogP contribution in [-0.2, 0) is 12.6 Å². The number of anilines is 1. The van der Waals surface area contributed by atoms with E-state index >= 15 is 0 Å². The van der Waals surface area contributed by atoms with Crippen LogP contribution < -0.4 is 16.4 Å². The molecule has 4 N–H and O–H groups in total. The third kappa shape index (κ3) is 6.45. The van der Waals surface area contributed by atoms with Crippen molar-refractivity contribution in [3.63, 3.8) is 0 Å². The van der Waals surface area contributed by atoms with E-state index in [4.69, 9.17) is 5.73 Å². The van der Waals surface area contributed by atoms with Crippen LogP contribution in [0.1, 0.15) is 46.9 Å². The van der Waals surface area contributed by atoms with Crippen molar-refractivity contribution in [2.24, 2.45) is 10.7 Å². The maximum absolute atomic E-state index is 13.1. The highest BCUT2D eigenvalue weighted by Crippen LogP contribution is 2.31. The van der Waals surface area contributed by atoms with Crippen molar-refractivity contribution in [2.75, 3.05) is 12.4 Å². The lowest BCUT2D eigenvalue weighted by Crippen LogP contribution is -2.27. The molecule has 206 valence electrons. The summed E-state index contributed by atoms with van der Waals surface area (Å²) >= 11 is 0. The summed E-state index contributed by atoms with van der Waals surface area (Å²) in [5.74, 6) is -0.191. The van der Waals surface area contributed by atoms with Gasteiger partial charge in [-0.2, -0.15) is 13.2 Å². The number of amides is 1. The van der Waals surface area contributed by atoms with Crippen LogP contribution in [0.15, 0.2) is 83.7 Å². The minimum atomic E-state index is -4.52. The largest absolute Gasteiger partial charge is 0.416 e. The zero-order valence-electron chi connectivity index (χ0n) is 22.3. The highest BCUT2D eigenvalue weighted by atomic mass is 19.4. The third-order valence-corrected chi connectivity index (χ3v) is 6.41. The highest BCUT2D eigenvalue weighted by Gasteiger charge is 2.31. The number of carbonyl (C=O) groups is 1. The number of nitrogens with two attached hydrogens (primary N) is 1. The number of hydrogen-bond acceptors (Lipinski definition) is 6. The summed E-state index contributed by atoms with van der Waals surface area (Å²) in [6.07, 6.45) is 0.930. The predicted octanol–water partition coefficient (Wildman–Crippen LogP) is 6.28. The standard InChI is InChI=1S/C30H29F3N6O/c1-4-19-8-9-20(18(2)37-28(40)22-6-5-7-24(13-22)30(31,32)33)14-26(19)21-10-11-27-23(12-21)16-36-29(39-27)38-25(15-34)17-35-3/h5-18H,4,34H2,1-3H3,(H,37,40)(H,36,38,39). The first-order chi connectivity index (χ1) is 19.1. The lowest BCUT2D eigenvalue weighted by atomic mass is 9.93. The van der Waals surface area contributed by atoms with Crippen LogP contribution in [0.4, 0.5) is 19.1 Å². The molecule has 0 aliphatic heterocycles. The van der Waals surface area contributed by atoms with E-state index in [0.717, 1.165) is 51.7 Å². The van der Waals surface area contributed by atoms with Gasteiger partial charge in [0.1, 0.15) is 0 Å². The number of alkyl halides is 3. The summed E-state index contributed by atoms with van der Waals surface area (Å²) in [6, 6.07) is 15.7. The molecule has 1 aromatic heterocycles. The van der Waals surface area contributed by atoms with E-state index in [2.05, 4.69) is 32.5 Å². The number of nitrogens with zero attached hydrogens (tertiary/aromatic N) is 3. The predicted molar refractivity (Wildman–Crippen MR) is 152 cm³/mol. The Kier molecular flexibility index (Phi) is 8.47. The summed E-state index contributed by atoms with van der Waals surface area (Å²) in [6.45, 7) is 3.86. The van der Waals surface area contributed by atoms with E-state index in [0.29, 0.717) is 11.6 Å². The van der Waals surface area contributed by atoms with Crippen LogP contribution in [0.3, 0.4) is 0 Å². The van der Waals surface area contributed by atoms with Crippen LogP contribution in [0.25, 0.3) is 22.0 Å². The van der Waals surface area contributed by atoms with Gasteiger partial charge in [-0.1, -0.05) is 31.2 Å². The highest BCUT2D eigenvalue weighted by molar-refractivity contribution is 5.94. The third-order valence-electron chi connectivity index (χ3n) is 6.41. The number of aromatic nitrogens is 2. The first kappa shape index (κ1) is 28.3. The van der Waals surface area contributed by atoms with Crippen molar-refractivity contribution in [3.8, 4) is 11.1 Å². The van der Waals surface area contributed by atoms with Gasteiger partial charge < -0.3 is 16.4 Å². The number of nitrogens with one attached hydrogen (secondary N) is 2. The van der Waals surface area contributed by atoms with Crippen LogP contribution in [0.5, 0.6) is 0 Å². The van der Waals surface area contributed by atoms with E-state index in [1.54, 1.807) is 26.4 Å². The lowest BCUT2D eigenvalue weighted by Gasteiger charge is -2.18. The van der Waals surface area contributed by atoms with Crippen molar-refractivity contribution < 1.29 is 18.0 Å². The zero-order chi connectivity index (χ0) is 28.9. The smallest absolute Gasteiger partial charge is 0.403 e. The molecule has 1 heterocycles. The molecule has 0 spiro atoms. The zero-order valence-corrected chi connectivity index (χ0v) is 22.3. The van der Waals surface area contributed by atoms with Crippen molar-refractivity contribution in [1.82, 2.24) is 15.3 Å². The number of benzene rings is 3. The average Bonchev–Trinajstić information content (AvgIpc) is 2.95. The van der Waals surface area contributed by atoms with E-state index < -0.39 is 23.7 Å².